The average Bonchev–Trinajstić information content (AvgIpc) is 3.64. The van der Waals surface area contributed by atoms with Crippen LogP contribution in [0, 0.1) is 25.2 Å². The number of nitriles is 1. The molecule has 236 valence electrons. The van der Waals surface area contributed by atoms with Gasteiger partial charge in [0.2, 0.25) is 5.91 Å². The number of aryl methyl sites for hydroxylation is 2. The third kappa shape index (κ3) is 7.83. The number of hydrogen-bond donors (Lipinski definition) is 1. The Morgan fingerprint density at radius 1 is 1.11 bits per heavy atom. The Labute approximate surface area is 265 Å². The molecule has 3 aromatic carbocycles. The highest BCUT2D eigenvalue weighted by Crippen LogP contribution is 2.36. The first-order valence-electron chi connectivity index (χ1n) is 13.8. The van der Waals surface area contributed by atoms with Crippen molar-refractivity contribution in [1.29, 1.82) is 5.26 Å². The number of ether oxygens (including phenoxy) is 2. The highest BCUT2D eigenvalue weighted by Gasteiger charge is 2.33. The molecule has 1 N–H and O–H groups in total. The number of halogens is 3. The first-order valence-corrected chi connectivity index (χ1v) is 14.8. The number of rotatable bonds is 9. The van der Waals surface area contributed by atoms with Gasteiger partial charge in [0.25, 0.3) is 0 Å². The lowest BCUT2D eigenvalue weighted by atomic mass is 10.1. The number of benzene rings is 3. The molecule has 0 aliphatic carbocycles. The fourth-order valence-corrected chi connectivity index (χ4v) is 5.24. The van der Waals surface area contributed by atoms with E-state index in [1.54, 1.807) is 79.5 Å². The number of urea groups is 1. The Balaban J connectivity index is 1.29. The molecule has 15 heteroatoms. The molecule has 46 heavy (non-hydrogen) atoms. The summed E-state index contributed by atoms with van der Waals surface area (Å²) < 4.78 is 50.3. The first-order chi connectivity index (χ1) is 22.0. The van der Waals surface area contributed by atoms with Gasteiger partial charge in [0, 0.05) is 11.3 Å². The maximum atomic E-state index is 13.0. The number of carbonyl (C=O) groups is 2. The summed E-state index contributed by atoms with van der Waals surface area (Å²) in [7, 11) is 0. The van der Waals surface area contributed by atoms with Crippen molar-refractivity contribution in [2.24, 2.45) is 4.99 Å². The van der Waals surface area contributed by atoms with Crippen LogP contribution in [0.4, 0.5) is 29.3 Å². The lowest BCUT2D eigenvalue weighted by molar-refractivity contribution is -0.139. The van der Waals surface area contributed by atoms with E-state index in [0.29, 0.717) is 28.4 Å². The summed E-state index contributed by atoms with van der Waals surface area (Å²) in [5.41, 5.74) is 3.56. The average molecular weight is 650 g/mol. The zero-order chi connectivity index (χ0) is 32.8. The lowest BCUT2D eigenvalue weighted by Crippen LogP contribution is -2.31. The van der Waals surface area contributed by atoms with Gasteiger partial charge in [0.05, 0.1) is 30.2 Å². The summed E-state index contributed by atoms with van der Waals surface area (Å²) in [5.74, 6) is 0.688. The second kappa shape index (κ2) is 13.7. The Kier molecular flexibility index (Phi) is 9.57. The maximum absolute atomic E-state index is 13.0. The molecule has 4 aromatic rings. The molecule has 2 heterocycles. The quantitative estimate of drug-likeness (QED) is 0.219. The molecule has 0 radical (unpaired) electrons. The molecule has 11 nitrogen and oxygen atoms in total. The van der Waals surface area contributed by atoms with E-state index in [-0.39, 0.29) is 29.0 Å². The minimum Gasteiger partial charge on any atom is -0.491 e. The molecule has 5 rings (SSSR count). The molecule has 1 aromatic heterocycles. The van der Waals surface area contributed by atoms with E-state index in [0.717, 1.165) is 23.0 Å². The van der Waals surface area contributed by atoms with Crippen molar-refractivity contribution in [3.63, 3.8) is 0 Å². The predicted molar refractivity (Wildman–Crippen MR) is 166 cm³/mol. The van der Waals surface area contributed by atoms with Crippen LogP contribution in [0.25, 0.3) is 17.1 Å². The first kappa shape index (κ1) is 32.0. The molecular weight excluding hydrogens is 623 g/mol. The van der Waals surface area contributed by atoms with E-state index in [9.17, 15) is 22.8 Å². The molecule has 1 aliphatic rings. The van der Waals surface area contributed by atoms with Gasteiger partial charge in [0.15, 0.2) is 17.6 Å². The zero-order valence-corrected chi connectivity index (χ0v) is 25.4. The molecule has 0 saturated carbocycles. The summed E-state index contributed by atoms with van der Waals surface area (Å²) >= 11 is 1.03. The van der Waals surface area contributed by atoms with E-state index in [1.807, 2.05) is 6.07 Å². The van der Waals surface area contributed by atoms with Crippen LogP contribution in [-0.4, -0.2) is 57.0 Å². The van der Waals surface area contributed by atoms with Crippen LogP contribution in [0.3, 0.4) is 0 Å². The molecule has 0 atom stereocenters. The van der Waals surface area contributed by atoms with Gasteiger partial charge >= 0.3 is 12.2 Å². The number of alkyl halides is 3. The molecule has 3 amide bonds. The fourth-order valence-electron chi connectivity index (χ4n) is 4.39. The van der Waals surface area contributed by atoms with Crippen molar-refractivity contribution in [3.05, 3.63) is 78.1 Å². The summed E-state index contributed by atoms with van der Waals surface area (Å²) in [4.78, 5) is 35.5. The van der Waals surface area contributed by atoms with Gasteiger partial charge in [-0.25, -0.2) is 14.5 Å². The third-order valence-corrected chi connectivity index (χ3v) is 7.51. The molecule has 0 unspecified atom stereocenters. The lowest BCUT2D eigenvalue weighted by Gasteiger charge is -2.21. The molecular formula is C31H26F3N7O4S. The van der Waals surface area contributed by atoms with Crippen LogP contribution < -0.4 is 19.7 Å². The van der Waals surface area contributed by atoms with Crippen molar-refractivity contribution >= 4 is 40.2 Å². The van der Waals surface area contributed by atoms with Gasteiger partial charge in [0.1, 0.15) is 23.9 Å². The fraction of sp³-hybridized carbons (Fsp3) is 0.226. The molecule has 1 aliphatic heterocycles. The van der Waals surface area contributed by atoms with Crippen LogP contribution in [-0.2, 0) is 4.79 Å². The van der Waals surface area contributed by atoms with Gasteiger partial charge in [-0.1, -0.05) is 17.8 Å². The zero-order valence-electron chi connectivity index (χ0n) is 24.5. The minimum absolute atomic E-state index is 0.00542. The number of anilines is 2. The van der Waals surface area contributed by atoms with E-state index >= 15 is 0 Å². The highest BCUT2D eigenvalue weighted by atomic mass is 32.2. The van der Waals surface area contributed by atoms with Crippen LogP contribution in [0.15, 0.2) is 72.0 Å². The summed E-state index contributed by atoms with van der Waals surface area (Å²) in [6, 6.07) is 18.2. The topological polar surface area (TPSA) is 135 Å². The number of amides is 3. The minimum atomic E-state index is -4.40. The SMILES string of the molecule is Cc1ccc(OCCC(F)(F)F)c(N2C(=O)CSC2=NC(=O)Nc2ccc(-c3ncn(-c4ccc(OCC#N)cc4)n3)cc2C)c1. The number of hydrogen-bond acceptors (Lipinski definition) is 8. The largest absolute Gasteiger partial charge is 0.491 e. The number of thioether (sulfide) groups is 1. The Hall–Kier alpha value is -5.36. The van der Waals surface area contributed by atoms with Crippen molar-refractivity contribution in [2.75, 3.05) is 29.2 Å². The van der Waals surface area contributed by atoms with Gasteiger partial charge in [-0.15, -0.1) is 5.10 Å². The van der Waals surface area contributed by atoms with Crippen molar-refractivity contribution in [2.45, 2.75) is 26.4 Å². The van der Waals surface area contributed by atoms with Crippen LogP contribution >= 0.6 is 11.8 Å². The molecule has 0 bridgehead atoms. The maximum Gasteiger partial charge on any atom is 0.392 e. The second-order valence-electron chi connectivity index (χ2n) is 10.0. The summed E-state index contributed by atoms with van der Waals surface area (Å²) in [5, 5.41) is 16.0. The van der Waals surface area contributed by atoms with E-state index in [4.69, 9.17) is 14.7 Å². The van der Waals surface area contributed by atoms with E-state index in [1.165, 1.54) is 11.0 Å². The van der Waals surface area contributed by atoms with Gasteiger partial charge < -0.3 is 14.8 Å². The smallest absolute Gasteiger partial charge is 0.392 e. The number of aliphatic imine (C=N–C) groups is 1. The van der Waals surface area contributed by atoms with Crippen LogP contribution in [0.2, 0.25) is 0 Å². The van der Waals surface area contributed by atoms with Crippen molar-refractivity contribution < 1.29 is 32.2 Å². The van der Waals surface area contributed by atoms with Gasteiger partial charge in [-0.05, 0) is 79.6 Å². The standard InChI is InChI=1S/C31H26F3N7O4S/c1-19-3-10-26(45-13-11-31(32,33)34)25(15-19)41-27(42)17-46-30(41)38-29(43)37-24-9-4-21(16-20(24)2)28-36-18-40(39-28)22-5-7-23(8-6-22)44-14-12-35/h3-10,15-16,18H,11,13-14,17H2,1-2H3,(H,37,43). The van der Waals surface area contributed by atoms with Gasteiger partial charge in [-0.2, -0.15) is 23.4 Å². The molecule has 1 saturated heterocycles. The number of amidine groups is 1. The number of nitrogens with zero attached hydrogens (tertiary/aromatic N) is 6. The monoisotopic (exact) mass is 649 g/mol. The van der Waals surface area contributed by atoms with E-state index < -0.39 is 31.1 Å². The number of nitrogens with one attached hydrogen (secondary N) is 1. The predicted octanol–water partition coefficient (Wildman–Crippen LogP) is 6.45. The summed E-state index contributed by atoms with van der Waals surface area (Å²) in [6.45, 7) is 2.88. The highest BCUT2D eigenvalue weighted by molar-refractivity contribution is 8.15. The second-order valence-corrected chi connectivity index (χ2v) is 11.0. The molecule has 0 spiro atoms. The van der Waals surface area contributed by atoms with Crippen LogP contribution in [0.1, 0.15) is 17.5 Å². The third-order valence-electron chi connectivity index (χ3n) is 6.58. The number of carbonyl (C=O) groups excluding carboxylic acids is 2. The Morgan fingerprint density at radius 2 is 1.89 bits per heavy atom. The normalized spacial score (nSPS) is 14.0. The molecule has 1 fully saturated rings. The Bertz CT molecular complexity index is 1840. The number of aromatic nitrogens is 3. The van der Waals surface area contributed by atoms with Crippen molar-refractivity contribution in [3.8, 4) is 34.6 Å². The van der Waals surface area contributed by atoms with E-state index in [2.05, 4.69) is 20.4 Å². The summed E-state index contributed by atoms with van der Waals surface area (Å²) in [6.07, 6.45) is -3.99. The van der Waals surface area contributed by atoms with Crippen LogP contribution in [0.5, 0.6) is 11.5 Å². The Morgan fingerprint density at radius 3 is 2.61 bits per heavy atom. The van der Waals surface area contributed by atoms with Crippen molar-refractivity contribution in [1.82, 2.24) is 14.8 Å². The van der Waals surface area contributed by atoms with Gasteiger partial charge in [-0.3, -0.25) is 9.69 Å².